The molecule has 1 aliphatic rings. The number of hydrogen-bond donors (Lipinski definition) is 1. The highest BCUT2D eigenvalue weighted by Gasteiger charge is 2.32. The van der Waals surface area contributed by atoms with Crippen molar-refractivity contribution in [2.75, 3.05) is 20.8 Å². The molecule has 0 spiro atoms. The molecule has 1 fully saturated rings. The zero-order valence-corrected chi connectivity index (χ0v) is 14.7. The maximum absolute atomic E-state index is 11.5. The van der Waals surface area contributed by atoms with E-state index in [-0.39, 0.29) is 41.6 Å². The Balaban J connectivity index is 0.00000208. The van der Waals surface area contributed by atoms with Crippen LogP contribution in [-0.2, 0) is 9.53 Å². The van der Waals surface area contributed by atoms with Crippen LogP contribution in [0.2, 0.25) is 5.15 Å². The third-order valence-corrected chi connectivity index (χ3v) is 3.90. The number of carbonyl (C=O) groups excluding carboxylic acids is 1. The molecule has 1 aromatic carbocycles. The molecule has 7 nitrogen and oxygen atoms in total. The fourth-order valence-electron chi connectivity index (χ4n) is 2.47. The molecule has 130 valence electrons. The topological polar surface area (TPSA) is 82.6 Å². The van der Waals surface area contributed by atoms with Gasteiger partial charge in [-0.05, 0) is 12.1 Å². The van der Waals surface area contributed by atoms with Crippen molar-refractivity contribution in [2.45, 2.75) is 18.6 Å². The van der Waals surface area contributed by atoms with Crippen molar-refractivity contribution >= 4 is 41.0 Å². The van der Waals surface area contributed by atoms with Crippen molar-refractivity contribution < 1.29 is 19.0 Å². The van der Waals surface area contributed by atoms with Gasteiger partial charge in [0.1, 0.15) is 17.9 Å². The van der Waals surface area contributed by atoms with Gasteiger partial charge in [-0.3, -0.25) is 4.79 Å². The van der Waals surface area contributed by atoms with Gasteiger partial charge >= 0.3 is 5.97 Å². The van der Waals surface area contributed by atoms with E-state index in [1.54, 1.807) is 25.3 Å². The number of rotatable bonds is 4. The summed E-state index contributed by atoms with van der Waals surface area (Å²) < 4.78 is 15.7. The van der Waals surface area contributed by atoms with Crippen LogP contribution in [0, 0.1) is 0 Å². The van der Waals surface area contributed by atoms with Crippen LogP contribution in [0.5, 0.6) is 11.6 Å². The van der Waals surface area contributed by atoms with E-state index in [2.05, 4.69) is 15.3 Å². The lowest BCUT2D eigenvalue weighted by atomic mass is 10.2. The molecule has 2 heterocycles. The van der Waals surface area contributed by atoms with Crippen molar-refractivity contribution in [1.82, 2.24) is 15.3 Å². The minimum atomic E-state index is -0.378. The lowest BCUT2D eigenvalue weighted by Crippen LogP contribution is -2.31. The zero-order chi connectivity index (χ0) is 16.4. The number of halogens is 2. The minimum absolute atomic E-state index is 0. The second-order valence-electron chi connectivity index (χ2n) is 5.13. The van der Waals surface area contributed by atoms with Gasteiger partial charge in [0.25, 0.3) is 5.88 Å². The minimum Gasteiger partial charge on any atom is -0.497 e. The van der Waals surface area contributed by atoms with Crippen LogP contribution in [-0.4, -0.2) is 48.8 Å². The largest absolute Gasteiger partial charge is 0.497 e. The number of nitrogens with zero attached hydrogens (tertiary/aromatic N) is 2. The normalized spacial score (nSPS) is 19.6. The summed E-state index contributed by atoms with van der Waals surface area (Å²) in [5.41, 5.74) is 1.28. The van der Waals surface area contributed by atoms with Gasteiger partial charge in [0.05, 0.1) is 25.3 Å². The Morgan fingerprint density at radius 2 is 2.08 bits per heavy atom. The summed E-state index contributed by atoms with van der Waals surface area (Å²) in [5, 5.41) is 3.23. The number of esters is 1. The first-order valence-corrected chi connectivity index (χ1v) is 7.47. The molecular weight excluding hydrogens is 357 g/mol. The molecule has 1 unspecified atom stereocenters. The number of hydrogen-bond acceptors (Lipinski definition) is 7. The average molecular weight is 374 g/mol. The maximum Gasteiger partial charge on any atom is 0.323 e. The van der Waals surface area contributed by atoms with Gasteiger partial charge in [0, 0.05) is 19.0 Å². The van der Waals surface area contributed by atoms with E-state index in [1.165, 1.54) is 7.11 Å². The summed E-state index contributed by atoms with van der Waals surface area (Å²) >= 11 is 6.14. The standard InChI is InChI=1S/C15H16ClN3O4.ClH/c1-21-8-3-4-10-11(5-8)19-14(13(16)18-10)23-9-6-12(17-7-9)15(20)22-2;/h3-5,9,12,17H,6-7H2,1-2H3;1H/t9?,12-;/m0./s1. The van der Waals surface area contributed by atoms with Crippen LogP contribution in [0.1, 0.15) is 6.42 Å². The highest BCUT2D eigenvalue weighted by atomic mass is 35.5. The number of methoxy groups -OCH3 is 2. The third-order valence-electron chi connectivity index (χ3n) is 3.65. The predicted octanol–water partition coefficient (Wildman–Crippen LogP) is 2.00. The summed E-state index contributed by atoms with van der Waals surface area (Å²) in [6.45, 7) is 0.508. The summed E-state index contributed by atoms with van der Waals surface area (Å²) in [7, 11) is 2.94. The molecule has 1 aromatic heterocycles. The number of fused-ring (bicyclic) bond motifs is 1. The average Bonchev–Trinajstić information content (AvgIpc) is 3.03. The Morgan fingerprint density at radius 1 is 1.29 bits per heavy atom. The molecule has 3 rings (SSSR count). The van der Waals surface area contributed by atoms with Crippen LogP contribution >= 0.6 is 24.0 Å². The summed E-state index contributed by atoms with van der Waals surface area (Å²) in [6.07, 6.45) is 0.259. The lowest BCUT2D eigenvalue weighted by molar-refractivity contribution is -0.142. The van der Waals surface area contributed by atoms with Crippen molar-refractivity contribution in [3.05, 3.63) is 23.4 Å². The van der Waals surface area contributed by atoms with Crippen molar-refractivity contribution in [2.24, 2.45) is 0 Å². The van der Waals surface area contributed by atoms with Gasteiger partial charge in [-0.1, -0.05) is 11.6 Å². The first-order valence-electron chi connectivity index (χ1n) is 7.10. The Morgan fingerprint density at radius 3 is 2.79 bits per heavy atom. The molecule has 0 bridgehead atoms. The summed E-state index contributed by atoms with van der Waals surface area (Å²) in [5.74, 6) is 0.606. The molecule has 0 radical (unpaired) electrons. The molecule has 0 aliphatic carbocycles. The van der Waals surface area contributed by atoms with E-state index in [0.717, 1.165) is 0 Å². The van der Waals surface area contributed by atoms with Crippen molar-refractivity contribution in [3.63, 3.8) is 0 Å². The highest BCUT2D eigenvalue weighted by molar-refractivity contribution is 6.31. The van der Waals surface area contributed by atoms with Crippen molar-refractivity contribution in [1.29, 1.82) is 0 Å². The van der Waals surface area contributed by atoms with Crippen LogP contribution < -0.4 is 14.8 Å². The SMILES string of the molecule is COC(=O)[C@@H]1CC(Oc2nc3cc(OC)ccc3nc2Cl)CN1.Cl. The van der Waals surface area contributed by atoms with Crippen LogP contribution in [0.3, 0.4) is 0 Å². The predicted molar refractivity (Wildman–Crippen MR) is 91.2 cm³/mol. The fourth-order valence-corrected chi connectivity index (χ4v) is 2.65. The lowest BCUT2D eigenvalue weighted by Gasteiger charge is -2.13. The number of carbonyl (C=O) groups is 1. The Bertz CT molecular complexity index is 744. The molecular formula is C15H17Cl2N3O4. The molecule has 1 saturated heterocycles. The molecule has 0 amide bonds. The maximum atomic E-state index is 11.5. The molecule has 9 heteroatoms. The Kier molecular flexibility index (Phi) is 6.04. The summed E-state index contributed by atoms with van der Waals surface area (Å²) in [4.78, 5) is 20.2. The second-order valence-corrected chi connectivity index (χ2v) is 5.49. The van der Waals surface area contributed by atoms with Crippen LogP contribution in [0.25, 0.3) is 11.0 Å². The molecule has 1 aliphatic heterocycles. The van der Waals surface area contributed by atoms with E-state index in [9.17, 15) is 4.79 Å². The number of aromatic nitrogens is 2. The molecule has 24 heavy (non-hydrogen) atoms. The van der Waals surface area contributed by atoms with E-state index in [4.69, 9.17) is 25.8 Å². The third kappa shape index (κ3) is 3.80. The molecule has 1 N–H and O–H groups in total. The van der Waals surface area contributed by atoms with E-state index < -0.39 is 0 Å². The monoisotopic (exact) mass is 373 g/mol. The van der Waals surface area contributed by atoms with Crippen LogP contribution in [0.15, 0.2) is 18.2 Å². The van der Waals surface area contributed by atoms with Gasteiger partial charge in [-0.25, -0.2) is 9.97 Å². The first kappa shape index (κ1) is 18.5. The fraction of sp³-hybridized carbons (Fsp3) is 0.400. The van der Waals surface area contributed by atoms with Gasteiger partial charge in [-0.15, -0.1) is 12.4 Å². The van der Waals surface area contributed by atoms with Gasteiger partial charge < -0.3 is 19.5 Å². The number of benzene rings is 1. The zero-order valence-electron chi connectivity index (χ0n) is 13.1. The smallest absolute Gasteiger partial charge is 0.323 e. The van der Waals surface area contributed by atoms with Crippen LogP contribution in [0.4, 0.5) is 0 Å². The second kappa shape index (κ2) is 7.83. The molecule has 0 saturated carbocycles. The van der Waals surface area contributed by atoms with Gasteiger partial charge in [-0.2, -0.15) is 0 Å². The Hall–Kier alpha value is -1.83. The Labute approximate surface area is 150 Å². The van der Waals surface area contributed by atoms with E-state index in [0.29, 0.717) is 29.7 Å². The summed E-state index contributed by atoms with van der Waals surface area (Å²) in [6, 6.07) is 4.95. The number of nitrogens with one attached hydrogen (secondary N) is 1. The van der Waals surface area contributed by atoms with Gasteiger partial charge in [0.2, 0.25) is 0 Å². The number of ether oxygens (including phenoxy) is 3. The molecule has 2 atom stereocenters. The van der Waals surface area contributed by atoms with E-state index >= 15 is 0 Å². The highest BCUT2D eigenvalue weighted by Crippen LogP contribution is 2.27. The first-order chi connectivity index (χ1) is 11.1. The van der Waals surface area contributed by atoms with Crippen molar-refractivity contribution in [3.8, 4) is 11.6 Å². The molecule has 2 aromatic rings. The quantitative estimate of drug-likeness (QED) is 0.820. The van der Waals surface area contributed by atoms with E-state index in [1.807, 2.05) is 0 Å². The van der Waals surface area contributed by atoms with Gasteiger partial charge in [0.15, 0.2) is 5.15 Å².